The first-order valence-electron chi connectivity index (χ1n) is 4.57. The Morgan fingerprint density at radius 2 is 2.12 bits per heavy atom. The second-order valence-corrected chi connectivity index (χ2v) is 3.45. The van der Waals surface area contributed by atoms with Crippen molar-refractivity contribution in [1.29, 1.82) is 0 Å². The summed E-state index contributed by atoms with van der Waals surface area (Å²) < 4.78 is 4.90. The molecule has 1 aromatic carbocycles. The molecule has 16 heavy (non-hydrogen) atoms. The fourth-order valence-corrected chi connectivity index (χ4v) is 1.62. The van der Waals surface area contributed by atoms with Crippen LogP contribution in [0.2, 0.25) is 0 Å². The van der Waals surface area contributed by atoms with Crippen LogP contribution in [0.4, 0.5) is 5.69 Å². The summed E-state index contributed by atoms with van der Waals surface area (Å²) in [6, 6.07) is 4.76. The van der Waals surface area contributed by atoms with Crippen LogP contribution in [0.15, 0.2) is 27.4 Å². The Bertz CT molecular complexity index is 642. The molecule has 1 heterocycles. The minimum Gasteiger partial charge on any atom is -0.477 e. The first-order chi connectivity index (χ1) is 7.50. The topological polar surface area (TPSA) is 93.5 Å². The summed E-state index contributed by atoms with van der Waals surface area (Å²) >= 11 is 0. The van der Waals surface area contributed by atoms with E-state index in [4.69, 9.17) is 15.3 Å². The molecule has 0 unspecified atom stereocenters. The maximum Gasteiger partial charge on any atom is 0.351 e. The van der Waals surface area contributed by atoms with E-state index in [2.05, 4.69) is 0 Å². The van der Waals surface area contributed by atoms with Crippen molar-refractivity contribution in [3.8, 4) is 0 Å². The molecule has 82 valence electrons. The number of aryl methyl sites for hydroxylation is 1. The number of nitrogen functional groups attached to an aromatic ring is 1. The molecule has 0 radical (unpaired) electrons. The van der Waals surface area contributed by atoms with E-state index in [-0.39, 0.29) is 5.56 Å². The highest BCUT2D eigenvalue weighted by atomic mass is 16.4. The van der Waals surface area contributed by atoms with E-state index < -0.39 is 11.6 Å². The second-order valence-electron chi connectivity index (χ2n) is 3.45. The fourth-order valence-electron chi connectivity index (χ4n) is 1.62. The lowest BCUT2D eigenvalue weighted by molar-refractivity contribution is 0.0692. The summed E-state index contributed by atoms with van der Waals surface area (Å²) in [4.78, 5) is 22.3. The van der Waals surface area contributed by atoms with Crippen molar-refractivity contribution < 1.29 is 14.3 Å². The van der Waals surface area contributed by atoms with Crippen molar-refractivity contribution in [3.63, 3.8) is 0 Å². The zero-order valence-corrected chi connectivity index (χ0v) is 8.48. The highest BCUT2D eigenvalue weighted by Crippen LogP contribution is 2.21. The minimum absolute atomic E-state index is 0.299. The van der Waals surface area contributed by atoms with Gasteiger partial charge >= 0.3 is 11.6 Å². The van der Waals surface area contributed by atoms with Crippen molar-refractivity contribution in [1.82, 2.24) is 0 Å². The second kappa shape index (κ2) is 3.37. The van der Waals surface area contributed by atoms with E-state index in [1.54, 1.807) is 19.1 Å². The normalized spacial score (nSPS) is 10.6. The van der Waals surface area contributed by atoms with Gasteiger partial charge in [0.05, 0.1) is 0 Å². The number of hydrogen-bond donors (Lipinski definition) is 2. The van der Waals surface area contributed by atoms with Crippen LogP contribution in [0.1, 0.15) is 15.9 Å². The third kappa shape index (κ3) is 1.42. The van der Waals surface area contributed by atoms with Gasteiger partial charge in [0.25, 0.3) is 0 Å². The van der Waals surface area contributed by atoms with E-state index in [0.717, 1.165) is 0 Å². The molecule has 0 fully saturated rings. The van der Waals surface area contributed by atoms with Crippen LogP contribution in [-0.4, -0.2) is 11.1 Å². The minimum atomic E-state index is -1.29. The first-order valence-corrected chi connectivity index (χ1v) is 4.57. The summed E-state index contributed by atoms with van der Waals surface area (Å²) in [5.74, 6) is -1.29. The molecule has 0 aliphatic heterocycles. The predicted molar refractivity (Wildman–Crippen MR) is 58.6 cm³/mol. The Hall–Kier alpha value is -2.30. The molecule has 3 N–H and O–H groups in total. The zero-order chi connectivity index (χ0) is 11.9. The van der Waals surface area contributed by atoms with Crippen LogP contribution in [-0.2, 0) is 0 Å². The lowest BCUT2D eigenvalue weighted by Crippen LogP contribution is -2.15. The molecule has 0 aliphatic carbocycles. The molecule has 0 saturated heterocycles. The van der Waals surface area contributed by atoms with Crippen LogP contribution < -0.4 is 11.4 Å². The summed E-state index contributed by atoms with van der Waals surface area (Å²) in [6.07, 6.45) is 0. The Balaban J connectivity index is 2.94. The van der Waals surface area contributed by atoms with Gasteiger partial charge in [0.15, 0.2) is 0 Å². The Morgan fingerprint density at radius 3 is 2.75 bits per heavy atom. The Morgan fingerprint density at radius 1 is 1.44 bits per heavy atom. The van der Waals surface area contributed by atoms with Gasteiger partial charge < -0.3 is 15.3 Å². The number of anilines is 1. The van der Waals surface area contributed by atoms with Crippen molar-refractivity contribution >= 4 is 22.6 Å². The van der Waals surface area contributed by atoms with Gasteiger partial charge in [-0.05, 0) is 24.6 Å². The van der Waals surface area contributed by atoms with Gasteiger partial charge in [-0.1, -0.05) is 0 Å². The van der Waals surface area contributed by atoms with Crippen molar-refractivity contribution in [3.05, 3.63) is 39.7 Å². The fraction of sp³-hybridized carbons (Fsp3) is 0.0909. The van der Waals surface area contributed by atoms with Crippen LogP contribution in [0.5, 0.6) is 0 Å². The molecule has 0 aliphatic rings. The molecule has 5 nitrogen and oxygen atoms in total. The lowest BCUT2D eigenvalue weighted by Gasteiger charge is -2.04. The standard InChI is InChI=1S/C11H9NO4/c1-5-7-3-2-6(12)4-8(7)16-11(15)9(5)10(13)14/h2-4H,12H2,1H3,(H,13,14). The monoisotopic (exact) mass is 219 g/mol. The Kier molecular flexibility index (Phi) is 2.16. The summed E-state index contributed by atoms with van der Waals surface area (Å²) in [5, 5.41) is 9.45. The van der Waals surface area contributed by atoms with Crippen LogP contribution in [0.3, 0.4) is 0 Å². The SMILES string of the molecule is Cc1c(C(=O)O)c(=O)oc2cc(N)ccc12. The molecule has 5 heteroatoms. The molecule has 0 spiro atoms. The number of hydrogen-bond acceptors (Lipinski definition) is 4. The molecule has 0 bridgehead atoms. The van der Waals surface area contributed by atoms with E-state index in [1.165, 1.54) is 6.07 Å². The molecule has 1 aromatic heterocycles. The predicted octanol–water partition coefficient (Wildman–Crippen LogP) is 1.38. The first kappa shape index (κ1) is 10.2. The van der Waals surface area contributed by atoms with Gasteiger partial charge in [-0.25, -0.2) is 9.59 Å². The average Bonchev–Trinajstić information content (AvgIpc) is 2.15. The number of carboxylic acids is 1. The average molecular weight is 219 g/mol. The maximum absolute atomic E-state index is 11.4. The number of aromatic carboxylic acids is 1. The number of fused-ring (bicyclic) bond motifs is 1. The summed E-state index contributed by atoms with van der Waals surface area (Å²) in [5.41, 5.74) is 5.49. The molecule has 2 rings (SSSR count). The van der Waals surface area contributed by atoms with E-state index in [9.17, 15) is 9.59 Å². The van der Waals surface area contributed by atoms with Gasteiger partial charge in [-0.15, -0.1) is 0 Å². The summed E-state index contributed by atoms with van der Waals surface area (Å²) in [7, 11) is 0. The zero-order valence-electron chi connectivity index (χ0n) is 8.48. The highest BCUT2D eigenvalue weighted by Gasteiger charge is 2.17. The van der Waals surface area contributed by atoms with Gasteiger partial charge in [0.2, 0.25) is 0 Å². The molecule has 0 amide bonds. The molecule has 0 saturated carbocycles. The highest BCUT2D eigenvalue weighted by molar-refractivity contribution is 5.95. The lowest BCUT2D eigenvalue weighted by atomic mass is 10.1. The number of nitrogens with two attached hydrogens (primary N) is 1. The van der Waals surface area contributed by atoms with Crippen LogP contribution in [0.25, 0.3) is 11.0 Å². The number of benzene rings is 1. The smallest absolute Gasteiger partial charge is 0.351 e. The quantitative estimate of drug-likeness (QED) is 0.558. The van der Waals surface area contributed by atoms with Crippen LogP contribution in [0, 0.1) is 6.92 Å². The number of carbonyl (C=O) groups is 1. The van der Waals surface area contributed by atoms with Crippen LogP contribution >= 0.6 is 0 Å². The van der Waals surface area contributed by atoms with Crippen molar-refractivity contribution in [2.24, 2.45) is 0 Å². The summed E-state index contributed by atoms with van der Waals surface area (Å²) in [6.45, 7) is 1.57. The van der Waals surface area contributed by atoms with Crippen molar-refractivity contribution in [2.45, 2.75) is 6.92 Å². The maximum atomic E-state index is 11.4. The number of rotatable bonds is 1. The third-order valence-electron chi connectivity index (χ3n) is 2.41. The number of carboxylic acid groups (broad SMARTS) is 1. The van der Waals surface area contributed by atoms with E-state index in [1.807, 2.05) is 0 Å². The van der Waals surface area contributed by atoms with Crippen molar-refractivity contribution in [2.75, 3.05) is 5.73 Å². The Labute approximate surface area is 90.1 Å². The van der Waals surface area contributed by atoms with E-state index in [0.29, 0.717) is 22.2 Å². The van der Waals surface area contributed by atoms with Gasteiger partial charge in [-0.3, -0.25) is 0 Å². The van der Waals surface area contributed by atoms with Gasteiger partial charge in [0.1, 0.15) is 11.1 Å². The molecule has 2 aromatic rings. The van der Waals surface area contributed by atoms with Gasteiger partial charge in [0, 0.05) is 17.1 Å². The molecule has 0 atom stereocenters. The molecular weight excluding hydrogens is 210 g/mol. The molecular formula is C11H9NO4. The van der Waals surface area contributed by atoms with E-state index >= 15 is 0 Å². The largest absolute Gasteiger partial charge is 0.477 e. The third-order valence-corrected chi connectivity index (χ3v) is 2.41. The van der Waals surface area contributed by atoms with Gasteiger partial charge in [-0.2, -0.15) is 0 Å².